The predicted molar refractivity (Wildman–Crippen MR) is 50.8 cm³/mol. The van der Waals surface area contributed by atoms with Crippen molar-refractivity contribution in [1.29, 1.82) is 0 Å². The number of halogens is 1. The van der Waals surface area contributed by atoms with Gasteiger partial charge in [-0.25, -0.2) is 0 Å². The first-order valence-corrected chi connectivity index (χ1v) is 8.01. The van der Waals surface area contributed by atoms with Crippen LogP contribution in [0.1, 0.15) is 17.3 Å². The zero-order valence-corrected chi connectivity index (χ0v) is 9.30. The van der Waals surface area contributed by atoms with Crippen molar-refractivity contribution in [3.05, 3.63) is 29.8 Å². The zero-order chi connectivity index (χ0) is 8.27. The van der Waals surface area contributed by atoms with Gasteiger partial charge in [0, 0.05) is 0 Å². The molecular formula is C8H7BrOSe. The Bertz CT molecular complexity index is 273. The van der Waals surface area contributed by atoms with E-state index in [0.717, 1.165) is 10.0 Å². The van der Waals surface area contributed by atoms with Gasteiger partial charge < -0.3 is 0 Å². The maximum absolute atomic E-state index is 11.0. The van der Waals surface area contributed by atoms with Crippen LogP contribution in [0.15, 0.2) is 24.3 Å². The van der Waals surface area contributed by atoms with E-state index < -0.39 is 0 Å². The molecule has 58 valence electrons. The summed E-state index contributed by atoms with van der Waals surface area (Å²) < 4.78 is 1.12. The molecule has 0 unspecified atom stereocenters. The molecule has 11 heavy (non-hydrogen) atoms. The fourth-order valence-electron chi connectivity index (χ4n) is 0.825. The molecule has 0 N–H and O–H groups in total. The van der Waals surface area contributed by atoms with E-state index in [9.17, 15) is 4.79 Å². The molecule has 0 radical (unpaired) electrons. The van der Waals surface area contributed by atoms with Crippen LogP contribution in [0, 0.1) is 0 Å². The van der Waals surface area contributed by atoms with Gasteiger partial charge in [0.25, 0.3) is 0 Å². The number of hydrogen-bond acceptors (Lipinski definition) is 1. The van der Waals surface area contributed by atoms with Crippen LogP contribution in [0.3, 0.4) is 0 Å². The van der Waals surface area contributed by atoms with Crippen molar-refractivity contribution < 1.29 is 4.79 Å². The molecule has 0 fully saturated rings. The van der Waals surface area contributed by atoms with Gasteiger partial charge in [0.15, 0.2) is 0 Å². The Kier molecular flexibility index (Phi) is 3.31. The molecule has 1 nitrogen and oxygen atoms in total. The van der Waals surface area contributed by atoms with Gasteiger partial charge >= 0.3 is 79.1 Å². The third-order valence-corrected chi connectivity index (χ3v) is 4.26. The molecule has 0 saturated carbocycles. The van der Waals surface area contributed by atoms with Gasteiger partial charge in [0.2, 0.25) is 0 Å². The van der Waals surface area contributed by atoms with Crippen LogP contribution in [-0.4, -0.2) is 18.9 Å². The summed E-state index contributed by atoms with van der Waals surface area (Å²) in [7, 11) is 0. The molecule has 0 bridgehead atoms. The number of rotatable bonds is 2. The first-order valence-electron chi connectivity index (χ1n) is 3.14. The summed E-state index contributed by atoms with van der Waals surface area (Å²) in [6.07, 6.45) is 0. The summed E-state index contributed by atoms with van der Waals surface area (Å²) >= 11 is 3.62. The summed E-state index contributed by atoms with van der Waals surface area (Å²) in [6, 6.07) is 7.68. The quantitative estimate of drug-likeness (QED) is 0.592. The van der Waals surface area contributed by atoms with Crippen LogP contribution in [0.5, 0.6) is 0 Å². The van der Waals surface area contributed by atoms with Crippen LogP contribution in [0.2, 0.25) is 0 Å². The normalized spacial score (nSPS) is 9.64. The second-order valence-corrected chi connectivity index (χ2v) is 5.06. The summed E-state index contributed by atoms with van der Waals surface area (Å²) in [6.45, 7) is 1.59. The Morgan fingerprint density at radius 2 is 2.09 bits per heavy atom. The van der Waals surface area contributed by atoms with Crippen molar-refractivity contribution in [3.8, 4) is 0 Å². The summed E-state index contributed by atoms with van der Waals surface area (Å²) in [5.41, 5.74) is 0.837. The Balaban J connectivity index is 3.12. The molecule has 0 aromatic heterocycles. The van der Waals surface area contributed by atoms with Crippen molar-refractivity contribution in [2.75, 3.05) is 0 Å². The van der Waals surface area contributed by atoms with E-state index in [1.165, 1.54) is 0 Å². The molecule has 0 spiro atoms. The third-order valence-electron chi connectivity index (χ3n) is 1.35. The molecule has 0 atom stereocenters. The molecule has 1 aromatic carbocycles. The zero-order valence-electron chi connectivity index (χ0n) is 6.00. The number of hydrogen-bond donors (Lipinski definition) is 0. The fraction of sp³-hybridized carbons (Fsp3) is 0.125. The Hall–Kier alpha value is -0.111. The van der Waals surface area contributed by atoms with Gasteiger partial charge in [0.05, 0.1) is 0 Å². The van der Waals surface area contributed by atoms with E-state index in [1.807, 2.05) is 24.3 Å². The van der Waals surface area contributed by atoms with E-state index in [1.54, 1.807) is 6.92 Å². The van der Waals surface area contributed by atoms with Crippen LogP contribution in [0.4, 0.5) is 0 Å². The topological polar surface area (TPSA) is 17.1 Å². The third kappa shape index (κ3) is 2.16. The van der Waals surface area contributed by atoms with Crippen LogP contribution in [0.25, 0.3) is 0 Å². The minimum absolute atomic E-state index is 0.141. The summed E-state index contributed by atoms with van der Waals surface area (Å²) in [5.74, 6) is 0.141. The number of ketones is 1. The average molecular weight is 278 g/mol. The van der Waals surface area contributed by atoms with Gasteiger partial charge in [-0.2, -0.15) is 0 Å². The van der Waals surface area contributed by atoms with E-state index >= 15 is 0 Å². The SMILES string of the molecule is CC(=O)c1ccccc1[Se]Br. The number of carbonyl (C=O) groups is 1. The Morgan fingerprint density at radius 3 is 2.55 bits per heavy atom. The molecule has 0 aliphatic heterocycles. The Morgan fingerprint density at radius 1 is 1.45 bits per heavy atom. The molecule has 1 rings (SSSR count). The standard InChI is InChI=1S/C8H7BrOSe/c1-6(10)7-4-2-3-5-8(7)11-9/h2-5H,1H3. The van der Waals surface area contributed by atoms with Crippen LogP contribution in [-0.2, 0) is 0 Å². The van der Waals surface area contributed by atoms with Crippen molar-refractivity contribution in [2.45, 2.75) is 6.92 Å². The van der Waals surface area contributed by atoms with Gasteiger partial charge in [0.1, 0.15) is 0 Å². The number of carbonyl (C=O) groups excluding carboxylic acids is 1. The first-order chi connectivity index (χ1) is 5.25. The molecule has 0 saturated heterocycles. The van der Waals surface area contributed by atoms with Gasteiger partial charge in [-0.1, -0.05) is 0 Å². The second-order valence-electron chi connectivity index (χ2n) is 2.13. The number of benzene rings is 1. The molecule has 0 aliphatic rings. The fourth-order valence-corrected chi connectivity index (χ4v) is 3.18. The first kappa shape index (κ1) is 8.98. The van der Waals surface area contributed by atoms with E-state index in [2.05, 4.69) is 14.1 Å². The van der Waals surface area contributed by atoms with Crippen molar-refractivity contribution in [2.24, 2.45) is 0 Å². The van der Waals surface area contributed by atoms with E-state index in [-0.39, 0.29) is 18.9 Å². The van der Waals surface area contributed by atoms with Crippen molar-refractivity contribution >= 4 is 37.5 Å². The van der Waals surface area contributed by atoms with E-state index in [4.69, 9.17) is 0 Å². The molecular weight excluding hydrogens is 271 g/mol. The van der Waals surface area contributed by atoms with Crippen molar-refractivity contribution in [3.63, 3.8) is 0 Å². The monoisotopic (exact) mass is 278 g/mol. The van der Waals surface area contributed by atoms with Gasteiger partial charge in [-0.05, 0) is 0 Å². The molecule has 0 aliphatic carbocycles. The molecule has 0 amide bonds. The van der Waals surface area contributed by atoms with Gasteiger partial charge in [-0.3, -0.25) is 0 Å². The average Bonchev–Trinajstić information content (AvgIpc) is 2.04. The van der Waals surface area contributed by atoms with Crippen LogP contribution >= 0.6 is 14.1 Å². The molecule has 1 aromatic rings. The second kappa shape index (κ2) is 4.05. The summed E-state index contributed by atoms with van der Waals surface area (Å²) in [4.78, 5) is 11.0. The maximum atomic E-state index is 11.0. The summed E-state index contributed by atoms with van der Waals surface area (Å²) in [5, 5.41) is 0. The Labute approximate surface area is 79.0 Å². The van der Waals surface area contributed by atoms with Crippen LogP contribution < -0.4 is 4.46 Å². The van der Waals surface area contributed by atoms with E-state index in [0.29, 0.717) is 0 Å². The predicted octanol–water partition coefficient (Wildman–Crippen LogP) is 1.53. The minimum atomic E-state index is 0.141. The molecule has 0 heterocycles. The molecule has 3 heteroatoms. The number of Topliss-reactive ketones (excluding diaryl/α,β-unsaturated/α-hetero) is 1. The van der Waals surface area contributed by atoms with Gasteiger partial charge in [-0.15, -0.1) is 0 Å². The van der Waals surface area contributed by atoms with Crippen molar-refractivity contribution in [1.82, 2.24) is 0 Å².